The molecule has 196 valence electrons. The molecule has 0 unspecified atom stereocenters. The summed E-state index contributed by atoms with van der Waals surface area (Å²) in [6.07, 6.45) is 4.16. The van der Waals surface area contributed by atoms with E-state index in [1.807, 2.05) is 37.2 Å². The quantitative estimate of drug-likeness (QED) is 0.294. The first kappa shape index (κ1) is 26.6. The number of amidine groups is 1. The van der Waals surface area contributed by atoms with Gasteiger partial charge in [0.2, 0.25) is 15.9 Å². The molecule has 1 fully saturated rings. The minimum Gasteiger partial charge on any atom is -0.384 e. The molecular formula is C28H35N5O3S. The van der Waals surface area contributed by atoms with Gasteiger partial charge in [0.05, 0.1) is 4.90 Å². The number of anilines is 1. The number of nitrogens with two attached hydrogens (primary N) is 1. The monoisotopic (exact) mass is 521 g/mol. The zero-order valence-electron chi connectivity index (χ0n) is 21.6. The second kappa shape index (κ2) is 10.9. The molecule has 1 saturated carbocycles. The van der Waals surface area contributed by atoms with E-state index in [1.54, 1.807) is 54.4 Å². The summed E-state index contributed by atoms with van der Waals surface area (Å²) < 4.78 is 30.3. The number of hydrogen-bond acceptors (Lipinski definition) is 5. The summed E-state index contributed by atoms with van der Waals surface area (Å²) in [5, 5.41) is 9.03. The van der Waals surface area contributed by atoms with Crippen LogP contribution in [0.2, 0.25) is 0 Å². The molecule has 1 amide bonds. The van der Waals surface area contributed by atoms with E-state index >= 15 is 0 Å². The first-order valence-corrected chi connectivity index (χ1v) is 14.0. The lowest BCUT2D eigenvalue weighted by Crippen LogP contribution is -2.50. The van der Waals surface area contributed by atoms with Crippen molar-refractivity contribution in [1.82, 2.24) is 9.62 Å². The zero-order chi connectivity index (χ0) is 26.7. The van der Waals surface area contributed by atoms with Crippen LogP contribution in [0.25, 0.3) is 10.8 Å². The molecule has 3 aromatic carbocycles. The van der Waals surface area contributed by atoms with Crippen LogP contribution < -0.4 is 15.4 Å². The van der Waals surface area contributed by atoms with Gasteiger partial charge >= 0.3 is 0 Å². The van der Waals surface area contributed by atoms with Gasteiger partial charge in [0.25, 0.3) is 0 Å². The van der Waals surface area contributed by atoms with Gasteiger partial charge in [-0.2, -0.15) is 4.72 Å². The van der Waals surface area contributed by atoms with Crippen LogP contribution in [0, 0.1) is 5.41 Å². The molecule has 9 heteroatoms. The number of rotatable bonds is 9. The normalized spacial score (nSPS) is 15.0. The SMILES string of the molecule is CN(C)c1cccc2c(S(=O)(=O)N[C@@H](Cc3ccc(C(=N)N)cc3)C(=O)N(C)C3CCCC3)cccc12. The van der Waals surface area contributed by atoms with Crippen LogP contribution in [0.15, 0.2) is 65.6 Å². The van der Waals surface area contributed by atoms with Gasteiger partial charge < -0.3 is 15.5 Å². The van der Waals surface area contributed by atoms with E-state index in [4.69, 9.17) is 11.1 Å². The Bertz CT molecular complexity index is 1400. The molecule has 4 rings (SSSR count). The number of likely N-dealkylation sites (N-methyl/N-ethyl adjacent to an activating group) is 1. The molecule has 37 heavy (non-hydrogen) atoms. The number of sulfonamides is 1. The van der Waals surface area contributed by atoms with Crippen molar-refractivity contribution in [1.29, 1.82) is 5.41 Å². The third-order valence-electron chi connectivity index (χ3n) is 7.15. The van der Waals surface area contributed by atoms with E-state index in [0.29, 0.717) is 10.9 Å². The lowest BCUT2D eigenvalue weighted by atomic mass is 10.0. The number of fused-ring (bicyclic) bond motifs is 1. The smallest absolute Gasteiger partial charge is 0.241 e. The summed E-state index contributed by atoms with van der Waals surface area (Å²) in [6.45, 7) is 0. The van der Waals surface area contributed by atoms with Crippen molar-refractivity contribution in [3.63, 3.8) is 0 Å². The Morgan fingerprint density at radius 2 is 1.62 bits per heavy atom. The zero-order valence-corrected chi connectivity index (χ0v) is 22.4. The average Bonchev–Trinajstić information content (AvgIpc) is 3.42. The molecule has 0 radical (unpaired) electrons. The van der Waals surface area contributed by atoms with E-state index in [0.717, 1.165) is 42.3 Å². The number of carbonyl (C=O) groups is 1. The first-order chi connectivity index (χ1) is 17.6. The van der Waals surface area contributed by atoms with Gasteiger partial charge in [0.1, 0.15) is 11.9 Å². The molecular weight excluding hydrogens is 486 g/mol. The summed E-state index contributed by atoms with van der Waals surface area (Å²) in [7, 11) is 1.55. The second-order valence-corrected chi connectivity index (χ2v) is 11.6. The molecule has 3 aromatic rings. The molecule has 0 aliphatic heterocycles. The van der Waals surface area contributed by atoms with E-state index < -0.39 is 16.1 Å². The highest BCUT2D eigenvalue weighted by Gasteiger charge is 2.32. The Morgan fingerprint density at radius 1 is 1.00 bits per heavy atom. The maximum atomic E-state index is 13.8. The Labute approximate surface area is 219 Å². The minimum absolute atomic E-state index is 0.0473. The van der Waals surface area contributed by atoms with Crippen molar-refractivity contribution >= 4 is 38.2 Å². The van der Waals surface area contributed by atoms with Crippen molar-refractivity contribution in [2.45, 2.75) is 49.1 Å². The highest BCUT2D eigenvalue weighted by Crippen LogP contribution is 2.30. The summed E-state index contributed by atoms with van der Waals surface area (Å²) in [5.41, 5.74) is 7.83. The van der Waals surface area contributed by atoms with Gasteiger partial charge in [0, 0.05) is 49.2 Å². The van der Waals surface area contributed by atoms with Crippen molar-refractivity contribution in [3.05, 3.63) is 71.8 Å². The number of nitrogens with zero attached hydrogens (tertiary/aromatic N) is 2. The van der Waals surface area contributed by atoms with E-state index in [-0.39, 0.29) is 29.1 Å². The van der Waals surface area contributed by atoms with E-state index in [1.165, 1.54) is 0 Å². The Hall–Kier alpha value is -3.43. The third-order valence-corrected chi connectivity index (χ3v) is 8.68. The van der Waals surface area contributed by atoms with Crippen LogP contribution in [0.5, 0.6) is 0 Å². The highest BCUT2D eigenvalue weighted by molar-refractivity contribution is 7.89. The Kier molecular flexibility index (Phi) is 7.85. The summed E-state index contributed by atoms with van der Waals surface area (Å²) in [4.78, 5) is 17.5. The molecule has 0 aromatic heterocycles. The predicted octanol–water partition coefficient (Wildman–Crippen LogP) is 3.48. The van der Waals surface area contributed by atoms with Gasteiger partial charge in [-0.3, -0.25) is 10.2 Å². The van der Waals surface area contributed by atoms with Crippen LogP contribution in [0.4, 0.5) is 5.69 Å². The number of benzene rings is 3. The predicted molar refractivity (Wildman–Crippen MR) is 149 cm³/mol. The fourth-order valence-corrected chi connectivity index (χ4v) is 6.50. The number of carbonyl (C=O) groups excluding carboxylic acids is 1. The van der Waals surface area contributed by atoms with Gasteiger partial charge in [-0.05, 0) is 37.0 Å². The Morgan fingerprint density at radius 3 is 2.24 bits per heavy atom. The third kappa shape index (κ3) is 5.78. The van der Waals surface area contributed by atoms with Gasteiger partial charge in [-0.1, -0.05) is 61.4 Å². The van der Waals surface area contributed by atoms with Crippen molar-refractivity contribution < 1.29 is 13.2 Å². The molecule has 4 N–H and O–H groups in total. The fourth-order valence-electron chi connectivity index (χ4n) is 5.09. The summed E-state index contributed by atoms with van der Waals surface area (Å²) >= 11 is 0. The van der Waals surface area contributed by atoms with Gasteiger partial charge in [-0.25, -0.2) is 8.42 Å². The summed E-state index contributed by atoms with van der Waals surface area (Å²) in [6, 6.07) is 16.9. The average molecular weight is 522 g/mol. The van der Waals surface area contributed by atoms with Gasteiger partial charge in [0.15, 0.2) is 0 Å². The lowest BCUT2D eigenvalue weighted by Gasteiger charge is -2.29. The topological polar surface area (TPSA) is 120 Å². The Balaban J connectivity index is 1.70. The first-order valence-electron chi connectivity index (χ1n) is 12.5. The van der Waals surface area contributed by atoms with Gasteiger partial charge in [-0.15, -0.1) is 0 Å². The van der Waals surface area contributed by atoms with Crippen LogP contribution in [-0.4, -0.2) is 58.3 Å². The molecule has 1 aliphatic rings. The highest BCUT2D eigenvalue weighted by atomic mass is 32.2. The molecule has 8 nitrogen and oxygen atoms in total. The number of nitrogen functional groups attached to an aromatic ring is 1. The fraction of sp³-hybridized carbons (Fsp3) is 0.357. The lowest BCUT2D eigenvalue weighted by molar-refractivity contribution is -0.133. The number of hydrogen-bond donors (Lipinski definition) is 3. The number of nitrogens with one attached hydrogen (secondary N) is 2. The number of amides is 1. The molecule has 0 heterocycles. The molecule has 1 aliphatic carbocycles. The van der Waals surface area contributed by atoms with Crippen molar-refractivity contribution in [3.8, 4) is 0 Å². The molecule has 1 atom stereocenters. The van der Waals surface area contributed by atoms with Crippen LogP contribution in [0.1, 0.15) is 36.8 Å². The standard InChI is InChI=1S/C28H35N5O3S/c1-32(2)25-12-6-11-23-22(25)10-7-13-26(23)37(35,36)31-24(28(34)33(3)21-8-4-5-9-21)18-19-14-16-20(17-15-19)27(29)30/h6-7,10-17,21,24,31H,4-5,8-9,18H2,1-3H3,(H3,29,30)/t24-/m0/s1. The van der Waals surface area contributed by atoms with E-state index in [2.05, 4.69) is 4.72 Å². The second-order valence-electron chi connectivity index (χ2n) is 9.90. The van der Waals surface area contributed by atoms with Crippen LogP contribution >= 0.6 is 0 Å². The van der Waals surface area contributed by atoms with Crippen LogP contribution in [0.3, 0.4) is 0 Å². The maximum absolute atomic E-state index is 13.8. The molecule has 0 bridgehead atoms. The van der Waals surface area contributed by atoms with E-state index in [9.17, 15) is 13.2 Å². The molecule has 0 spiro atoms. The van der Waals surface area contributed by atoms with Crippen molar-refractivity contribution in [2.24, 2.45) is 5.73 Å². The largest absolute Gasteiger partial charge is 0.384 e. The summed E-state index contributed by atoms with van der Waals surface area (Å²) in [5.74, 6) is -0.297. The minimum atomic E-state index is -4.04. The molecule has 0 saturated heterocycles. The van der Waals surface area contributed by atoms with Crippen molar-refractivity contribution in [2.75, 3.05) is 26.0 Å². The maximum Gasteiger partial charge on any atom is 0.241 e. The van der Waals surface area contributed by atoms with Crippen LogP contribution in [-0.2, 0) is 21.2 Å².